The molecular formula is C43H50N10O6. The Kier molecular flexibility index (Phi) is 10.8. The molecule has 0 radical (unpaired) electrons. The van der Waals surface area contributed by atoms with Gasteiger partial charge in [-0.25, -0.2) is 19.7 Å². The fourth-order valence-electron chi connectivity index (χ4n) is 8.60. The average Bonchev–Trinajstić information content (AvgIpc) is 4.09. The van der Waals surface area contributed by atoms with Gasteiger partial charge in [0, 0.05) is 49.0 Å². The summed E-state index contributed by atoms with van der Waals surface area (Å²) in [6.07, 6.45) is 7.52. The Bertz CT molecular complexity index is 2560. The average molecular weight is 803 g/mol. The van der Waals surface area contributed by atoms with Crippen LogP contribution < -0.4 is 10.6 Å². The number of carbonyl (C=O) groups is 4. The number of H-pyrrole nitrogens is 2. The predicted molar refractivity (Wildman–Crippen MR) is 221 cm³/mol. The Hall–Kier alpha value is -6.29. The van der Waals surface area contributed by atoms with E-state index in [4.69, 9.17) is 24.4 Å². The molecule has 4 amide bonds. The molecule has 16 nitrogen and oxygen atoms in total. The number of hydrogen-bond donors (Lipinski definition) is 4. The van der Waals surface area contributed by atoms with E-state index in [0.29, 0.717) is 24.7 Å². The number of rotatable bonds is 11. The van der Waals surface area contributed by atoms with E-state index in [9.17, 15) is 19.2 Å². The zero-order valence-electron chi connectivity index (χ0n) is 34.1. The minimum absolute atomic E-state index is 0.116. The molecule has 0 bridgehead atoms. The van der Waals surface area contributed by atoms with Crippen LogP contribution in [0, 0.1) is 5.92 Å². The lowest BCUT2D eigenvalue weighted by Crippen LogP contribution is -2.53. The quantitative estimate of drug-likeness (QED) is 0.128. The fourth-order valence-corrected chi connectivity index (χ4v) is 8.60. The molecule has 2 aliphatic heterocycles. The van der Waals surface area contributed by atoms with Gasteiger partial charge in [0.25, 0.3) is 0 Å². The van der Waals surface area contributed by atoms with Crippen LogP contribution >= 0.6 is 0 Å². The van der Waals surface area contributed by atoms with E-state index in [-0.39, 0.29) is 35.7 Å². The lowest BCUT2D eigenvalue weighted by Gasteiger charge is -2.30. The van der Waals surface area contributed by atoms with Gasteiger partial charge in [0.2, 0.25) is 17.7 Å². The van der Waals surface area contributed by atoms with Crippen molar-refractivity contribution in [3.63, 3.8) is 0 Å². The Morgan fingerprint density at radius 2 is 1.37 bits per heavy atom. The summed E-state index contributed by atoms with van der Waals surface area (Å²) in [6.45, 7) is 8.12. The summed E-state index contributed by atoms with van der Waals surface area (Å²) in [5.74, 6) is 0.669. The number of benzene rings is 2. The number of amides is 4. The number of methoxy groups -OCH3 is 2. The zero-order valence-corrected chi connectivity index (χ0v) is 34.1. The van der Waals surface area contributed by atoms with E-state index in [2.05, 4.69) is 55.3 Å². The molecule has 1 unspecified atom stereocenters. The number of carbonyl (C=O) groups excluding carboxylic acids is 4. The Morgan fingerprint density at radius 1 is 0.763 bits per heavy atom. The highest BCUT2D eigenvalue weighted by molar-refractivity contribution is 6.02. The van der Waals surface area contributed by atoms with Crippen LogP contribution in [0.25, 0.3) is 49.8 Å². The van der Waals surface area contributed by atoms with Gasteiger partial charge < -0.3 is 39.9 Å². The number of aromatic amines is 2. The summed E-state index contributed by atoms with van der Waals surface area (Å²) >= 11 is 0. The molecule has 2 saturated heterocycles. The molecule has 0 aliphatic carbocycles. The van der Waals surface area contributed by atoms with Gasteiger partial charge in [-0.05, 0) is 62.8 Å². The molecular weight excluding hydrogens is 753 g/mol. The van der Waals surface area contributed by atoms with Gasteiger partial charge in [-0.3, -0.25) is 18.8 Å². The number of nitrogens with zero attached hydrogens (tertiary/aromatic N) is 6. The number of hydrogen-bond acceptors (Lipinski definition) is 9. The molecule has 4 aromatic heterocycles. The standard InChI is InChI=1S/C43H50N10O6/c1-23(2)37(50-43(57)59-6)41(55)51-15-7-9-34(51)39-44-20-31(48-39)26-12-14-33-28(17-26)19-36-29-13-11-27(18-30(29)46-22-53(33)36)32-21-45-40(49-32)35-10-8-16-52(35)42(56)38(24(3)58-5)47-25(4)54/h11-14,17-24,34-35,37-38H,7-10,15-16H2,1-6H3,(H,44,48)(H,45,49)(H,47,54)(H,50,57)/t24?,34-,35-,37-,38-/m0/s1. The van der Waals surface area contributed by atoms with Crippen LogP contribution in [-0.4, -0.2) is 108 Å². The number of alkyl carbamates (subject to hydrolysis) is 1. The smallest absolute Gasteiger partial charge is 0.407 e. The first-order chi connectivity index (χ1) is 28.4. The molecule has 6 aromatic rings. The third-order valence-electron chi connectivity index (χ3n) is 11.8. The molecule has 2 aromatic carbocycles. The van der Waals surface area contributed by atoms with E-state index in [1.807, 2.05) is 43.4 Å². The molecule has 16 heteroatoms. The number of fused-ring (bicyclic) bond motifs is 5. The second-order valence-electron chi connectivity index (χ2n) is 15.9. The maximum Gasteiger partial charge on any atom is 0.407 e. The van der Waals surface area contributed by atoms with Crippen molar-refractivity contribution >= 4 is 51.1 Å². The van der Waals surface area contributed by atoms with Crippen LogP contribution in [-0.2, 0) is 23.9 Å². The Labute approximate surface area is 341 Å². The minimum Gasteiger partial charge on any atom is -0.453 e. The van der Waals surface area contributed by atoms with E-state index < -0.39 is 24.3 Å². The van der Waals surface area contributed by atoms with Gasteiger partial charge in [0.15, 0.2) is 0 Å². The lowest BCUT2D eigenvalue weighted by atomic mass is 10.0. The van der Waals surface area contributed by atoms with Gasteiger partial charge >= 0.3 is 6.09 Å². The van der Waals surface area contributed by atoms with E-state index >= 15 is 0 Å². The maximum absolute atomic E-state index is 13.7. The third-order valence-corrected chi connectivity index (χ3v) is 11.8. The first-order valence-electron chi connectivity index (χ1n) is 20.1. The molecule has 308 valence electrons. The second-order valence-corrected chi connectivity index (χ2v) is 15.9. The number of aromatic nitrogens is 6. The van der Waals surface area contributed by atoms with Crippen molar-refractivity contribution in [3.8, 4) is 22.5 Å². The number of imidazole rings is 2. The van der Waals surface area contributed by atoms with Crippen LogP contribution in [0.15, 0.2) is 61.2 Å². The molecule has 8 rings (SSSR count). The van der Waals surface area contributed by atoms with Crippen molar-refractivity contribution < 1.29 is 28.7 Å². The van der Waals surface area contributed by atoms with Crippen LogP contribution in [0.2, 0.25) is 0 Å². The molecule has 0 saturated carbocycles. The highest BCUT2D eigenvalue weighted by Crippen LogP contribution is 2.36. The predicted octanol–water partition coefficient (Wildman–Crippen LogP) is 5.67. The van der Waals surface area contributed by atoms with Gasteiger partial charge in [-0.1, -0.05) is 32.0 Å². The number of ether oxygens (including phenoxy) is 2. The van der Waals surface area contributed by atoms with E-state index in [0.717, 1.165) is 75.5 Å². The molecule has 2 aliphatic rings. The van der Waals surface area contributed by atoms with E-state index in [1.165, 1.54) is 21.1 Å². The summed E-state index contributed by atoms with van der Waals surface area (Å²) in [4.78, 5) is 76.1. The van der Waals surface area contributed by atoms with Crippen molar-refractivity contribution in [2.75, 3.05) is 27.3 Å². The molecule has 0 spiro atoms. The molecule has 59 heavy (non-hydrogen) atoms. The molecule has 2 fully saturated rings. The van der Waals surface area contributed by atoms with Crippen molar-refractivity contribution in [1.82, 2.24) is 49.8 Å². The minimum atomic E-state index is -0.791. The van der Waals surface area contributed by atoms with Crippen LogP contribution in [0.5, 0.6) is 0 Å². The highest BCUT2D eigenvalue weighted by atomic mass is 16.5. The van der Waals surface area contributed by atoms with Crippen LogP contribution in [0.1, 0.15) is 77.1 Å². The van der Waals surface area contributed by atoms with Crippen molar-refractivity contribution in [3.05, 3.63) is 72.8 Å². The van der Waals surface area contributed by atoms with Crippen LogP contribution in [0.3, 0.4) is 0 Å². The first kappa shape index (κ1) is 39.5. The summed E-state index contributed by atoms with van der Waals surface area (Å²) in [5, 5.41) is 7.50. The normalized spacial score (nSPS) is 18.5. The highest BCUT2D eigenvalue weighted by Gasteiger charge is 2.39. The summed E-state index contributed by atoms with van der Waals surface area (Å²) in [6, 6.07) is 12.6. The fraction of sp³-hybridized carbons (Fsp3) is 0.419. The largest absolute Gasteiger partial charge is 0.453 e. The van der Waals surface area contributed by atoms with Gasteiger partial charge in [-0.15, -0.1) is 0 Å². The van der Waals surface area contributed by atoms with Crippen molar-refractivity contribution in [2.24, 2.45) is 5.92 Å². The topological polar surface area (TPSA) is 192 Å². The SMILES string of the molecule is COC(=O)N[C@H](C(=O)N1CCC[C@H]1c1ncc(-c2ccc3c(c2)cc2c4ccc(-c5cnc([C@@H]6CCCN6C(=O)[C@@H](NC(C)=O)C(C)OC)[nH]5)cc4ncn32)[nH]1)C(C)C. The van der Waals surface area contributed by atoms with Gasteiger partial charge in [0.1, 0.15) is 30.1 Å². The Balaban J connectivity index is 1.02. The lowest BCUT2D eigenvalue weighted by molar-refractivity contribution is -0.140. The zero-order chi connectivity index (χ0) is 41.5. The van der Waals surface area contributed by atoms with Crippen molar-refractivity contribution in [1.29, 1.82) is 0 Å². The summed E-state index contributed by atoms with van der Waals surface area (Å²) in [7, 11) is 2.82. The first-order valence-corrected chi connectivity index (χ1v) is 20.1. The molecule has 4 N–H and O–H groups in total. The van der Waals surface area contributed by atoms with E-state index in [1.54, 1.807) is 18.0 Å². The maximum atomic E-state index is 13.7. The van der Waals surface area contributed by atoms with Crippen molar-refractivity contribution in [2.45, 2.75) is 83.6 Å². The summed E-state index contributed by atoms with van der Waals surface area (Å²) in [5.41, 5.74) is 6.41. The third kappa shape index (κ3) is 7.48. The van der Waals surface area contributed by atoms with Crippen LogP contribution in [0.4, 0.5) is 4.79 Å². The van der Waals surface area contributed by atoms with Gasteiger partial charge in [-0.2, -0.15) is 0 Å². The molecule has 6 heterocycles. The summed E-state index contributed by atoms with van der Waals surface area (Å²) < 4.78 is 12.3. The Morgan fingerprint density at radius 3 is 1.97 bits per heavy atom. The number of nitrogens with one attached hydrogen (secondary N) is 4. The monoisotopic (exact) mass is 802 g/mol. The second kappa shape index (κ2) is 16.2. The van der Waals surface area contributed by atoms with Gasteiger partial charge in [0.05, 0.1) is 65.6 Å². The molecule has 5 atom stereocenters. The number of likely N-dealkylation sites (tertiary alicyclic amines) is 2.